The normalized spacial score (nSPS) is 11.8. The van der Waals surface area contributed by atoms with Crippen LogP contribution >= 0.6 is 15.8 Å². The van der Waals surface area contributed by atoms with Gasteiger partial charge in [0.1, 0.15) is 0 Å². The van der Waals surface area contributed by atoms with Crippen molar-refractivity contribution < 1.29 is 44.3 Å². The fraction of sp³-hybridized carbons (Fsp3) is 0.152. The molecule has 0 aliphatic heterocycles. The van der Waals surface area contributed by atoms with Crippen molar-refractivity contribution in [1.82, 2.24) is 0 Å². The van der Waals surface area contributed by atoms with Gasteiger partial charge in [-0.25, -0.2) is 0 Å². The number of hydrogen-bond acceptors (Lipinski definition) is 2. The summed E-state index contributed by atoms with van der Waals surface area (Å²) in [6.07, 6.45) is 0. The maximum absolute atomic E-state index is 6.15. The van der Waals surface area contributed by atoms with E-state index in [2.05, 4.69) is 201 Å². The van der Waals surface area contributed by atoms with Crippen molar-refractivity contribution >= 4 is 69.2 Å². The van der Waals surface area contributed by atoms with Gasteiger partial charge in [0.25, 0.3) is 0 Å². The second-order valence-electron chi connectivity index (χ2n) is 19.3. The van der Waals surface area contributed by atoms with Gasteiger partial charge in [-0.15, -0.1) is 0 Å². The third-order valence-electron chi connectivity index (χ3n) is 13.2. The van der Waals surface area contributed by atoms with E-state index in [4.69, 9.17) is 11.5 Å². The zero-order chi connectivity index (χ0) is 49.1. The summed E-state index contributed by atoms with van der Waals surface area (Å²) in [5, 5.41) is 13.6. The first-order valence-electron chi connectivity index (χ1n) is 24.4. The van der Waals surface area contributed by atoms with Crippen molar-refractivity contribution in [2.24, 2.45) is 11.5 Å². The summed E-state index contributed by atoms with van der Waals surface area (Å²) in [7, 11) is -1.87. The molecule has 73 heavy (non-hydrogen) atoms. The average Bonchev–Trinajstić information content (AvgIpc) is 3.33. The van der Waals surface area contributed by atoms with Crippen molar-refractivity contribution in [2.45, 2.75) is 67.5 Å². The summed E-state index contributed by atoms with van der Waals surface area (Å²) in [5.41, 5.74) is 27.6. The predicted octanol–water partition coefficient (Wildman–Crippen LogP) is 8.04. The Morgan fingerprint density at radius 2 is 0.548 bits per heavy atom. The molecule has 0 fully saturated rings. The molecule has 0 amide bonds. The van der Waals surface area contributed by atoms with Crippen LogP contribution in [-0.4, -0.2) is 0 Å². The summed E-state index contributed by atoms with van der Waals surface area (Å²) in [4.78, 5) is 0. The summed E-state index contributed by atoms with van der Waals surface area (Å²) in [5.74, 6) is 0. The predicted molar refractivity (Wildman–Crippen MR) is 309 cm³/mol. The molecule has 0 aliphatic carbocycles. The Balaban J connectivity index is 0.000000391. The largest absolute Gasteiger partial charge is 2.00 e. The molecule has 0 radical (unpaired) electrons. The quantitative estimate of drug-likeness (QED) is 0.108. The average molecular weight is 1120 g/mol. The fourth-order valence-electron chi connectivity index (χ4n) is 10.4. The molecular formula is C66H64Cl2N2P2Ru. The van der Waals surface area contributed by atoms with Crippen LogP contribution in [0.15, 0.2) is 206 Å². The van der Waals surface area contributed by atoms with Crippen LogP contribution in [0, 0.1) is 55.4 Å². The Labute approximate surface area is 462 Å². The summed E-state index contributed by atoms with van der Waals surface area (Å²) in [6.45, 7) is 18.0. The van der Waals surface area contributed by atoms with Gasteiger partial charge in [0.15, 0.2) is 0 Å². The van der Waals surface area contributed by atoms with E-state index >= 15 is 0 Å². The molecule has 10 aromatic carbocycles. The summed E-state index contributed by atoms with van der Waals surface area (Å²) in [6, 6.07) is 76.2. The van der Waals surface area contributed by atoms with Crippen molar-refractivity contribution in [1.29, 1.82) is 0 Å². The summed E-state index contributed by atoms with van der Waals surface area (Å²) < 4.78 is 0. The third kappa shape index (κ3) is 13.0. The number of aryl methyl sites for hydroxylation is 8. The molecule has 2 nitrogen and oxygen atoms in total. The Bertz CT molecular complexity index is 3070. The van der Waals surface area contributed by atoms with Crippen molar-refractivity contribution in [3.8, 4) is 11.1 Å². The van der Waals surface area contributed by atoms with E-state index in [-0.39, 0.29) is 56.4 Å². The van der Waals surface area contributed by atoms with Gasteiger partial charge < -0.3 is 36.3 Å². The molecule has 4 N–H and O–H groups in total. The van der Waals surface area contributed by atoms with Crippen LogP contribution in [0.2, 0.25) is 0 Å². The van der Waals surface area contributed by atoms with E-state index in [1.807, 2.05) is 60.7 Å². The monoisotopic (exact) mass is 1120 g/mol. The fourth-order valence-corrected chi connectivity index (χ4v) is 16.1. The second-order valence-corrected chi connectivity index (χ2v) is 23.7. The SMILES string of the molecule is Cc1cc(C)cc(P(c2cc(C)cc(C)c2)c2ccc3ccccc3c2-c2c(P(c3cc(C)cc(C)c3)c3cc(C)cc(C)c3)ccc3ccccc23)c1.N[C@@H](c1ccccc1)[C@@H](N)c1ccccc1.[Cl-].[Cl-].[Ru+2]. The van der Waals surface area contributed by atoms with Gasteiger partial charge in [-0.3, -0.25) is 0 Å². The van der Waals surface area contributed by atoms with Gasteiger partial charge in [-0.2, -0.15) is 0 Å². The van der Waals surface area contributed by atoms with Gasteiger partial charge in [0.05, 0.1) is 0 Å². The molecule has 0 saturated carbocycles. The van der Waals surface area contributed by atoms with Crippen LogP contribution in [0.4, 0.5) is 0 Å². The first kappa shape index (κ1) is 57.0. The molecule has 0 unspecified atom stereocenters. The molecule has 0 aliphatic rings. The van der Waals surface area contributed by atoms with Gasteiger partial charge in [0.2, 0.25) is 0 Å². The zero-order valence-electron chi connectivity index (χ0n) is 42.9. The molecule has 370 valence electrons. The zero-order valence-corrected chi connectivity index (χ0v) is 48.0. The van der Waals surface area contributed by atoms with Gasteiger partial charge in [0, 0.05) is 12.1 Å². The minimum Gasteiger partial charge on any atom is -1.00 e. The van der Waals surface area contributed by atoms with E-state index in [0.717, 1.165) is 11.1 Å². The van der Waals surface area contributed by atoms with Crippen LogP contribution < -0.4 is 68.1 Å². The van der Waals surface area contributed by atoms with Crippen molar-refractivity contribution in [3.05, 3.63) is 262 Å². The van der Waals surface area contributed by atoms with E-state index in [9.17, 15) is 0 Å². The number of benzene rings is 10. The molecular weight excluding hydrogens is 1050 g/mol. The molecule has 0 heterocycles. The molecule has 0 saturated heterocycles. The van der Waals surface area contributed by atoms with Gasteiger partial charge in [-0.05, 0) is 147 Å². The Hall–Kier alpha value is -5.30. The third-order valence-corrected chi connectivity index (χ3v) is 18.0. The Morgan fingerprint density at radius 3 is 0.822 bits per heavy atom. The van der Waals surface area contributed by atoms with Crippen LogP contribution in [0.25, 0.3) is 32.7 Å². The first-order valence-corrected chi connectivity index (χ1v) is 27.1. The van der Waals surface area contributed by atoms with Gasteiger partial charge in [-0.1, -0.05) is 251 Å². The van der Waals surface area contributed by atoms with E-state index in [1.54, 1.807) is 0 Å². The molecule has 10 aromatic rings. The van der Waals surface area contributed by atoms with Gasteiger partial charge >= 0.3 is 19.5 Å². The number of fused-ring (bicyclic) bond motifs is 2. The number of halogens is 2. The topological polar surface area (TPSA) is 52.0 Å². The van der Waals surface area contributed by atoms with Crippen molar-refractivity contribution in [2.75, 3.05) is 0 Å². The molecule has 7 heteroatoms. The summed E-state index contributed by atoms with van der Waals surface area (Å²) >= 11 is 0. The Kier molecular flexibility index (Phi) is 19.7. The first-order chi connectivity index (χ1) is 33.8. The van der Waals surface area contributed by atoms with E-state index < -0.39 is 15.8 Å². The van der Waals surface area contributed by atoms with Crippen LogP contribution in [0.5, 0.6) is 0 Å². The number of nitrogens with two attached hydrogens (primary N) is 2. The standard InChI is InChI=1S/C52H48P2.C14H16N2.2ClH.Ru/c1-33-21-34(2)26-43(25-33)53(44-27-35(3)22-36(4)28-44)49-19-17-41-13-9-11-15-47(41)51(49)52-48-16-12-10-14-42(48)18-20-50(52)54(45-29-37(5)23-38(6)30-45)46-31-39(7)24-40(8)32-46;15-13(11-7-3-1-4-8-11)14(16)12-9-5-2-6-10-12;;;/h9-32H,1-8H3;1-10,13-14H,15-16H2;2*1H;/q;;;;+2/p-2/t;13-,14-;;;/m.0.../s1. The molecule has 10 rings (SSSR count). The maximum Gasteiger partial charge on any atom is 2.00 e. The van der Waals surface area contributed by atoms with Crippen LogP contribution in [0.3, 0.4) is 0 Å². The van der Waals surface area contributed by atoms with Crippen molar-refractivity contribution in [3.63, 3.8) is 0 Å². The number of hydrogen-bond donors (Lipinski definition) is 2. The maximum atomic E-state index is 6.15. The smallest absolute Gasteiger partial charge is 1.00 e. The minimum atomic E-state index is -0.937. The second kappa shape index (κ2) is 25.3. The minimum absolute atomic E-state index is 0. The number of rotatable bonds is 10. The van der Waals surface area contributed by atoms with Crippen LogP contribution in [0.1, 0.15) is 67.7 Å². The van der Waals surface area contributed by atoms with E-state index in [1.165, 1.54) is 109 Å². The van der Waals surface area contributed by atoms with Crippen LogP contribution in [-0.2, 0) is 19.5 Å². The Morgan fingerprint density at radius 1 is 0.301 bits per heavy atom. The molecule has 0 spiro atoms. The molecule has 0 bridgehead atoms. The molecule has 2 atom stereocenters. The van der Waals surface area contributed by atoms with E-state index in [0.29, 0.717) is 0 Å². The molecule has 0 aromatic heterocycles.